The molecule has 0 saturated carbocycles. The van der Waals surface area contributed by atoms with Crippen LogP contribution in [0.3, 0.4) is 0 Å². The fraction of sp³-hybridized carbons (Fsp3) is 0.222. The van der Waals surface area contributed by atoms with Gasteiger partial charge in [0.05, 0.1) is 32.6 Å². The van der Waals surface area contributed by atoms with E-state index in [-0.39, 0.29) is 28.2 Å². The number of fused-ring (bicyclic) bond motifs is 5. The van der Waals surface area contributed by atoms with E-state index < -0.39 is 23.3 Å². The van der Waals surface area contributed by atoms with E-state index in [0.29, 0.717) is 18.7 Å². The third-order valence-electron chi connectivity index (χ3n) is 6.79. The zero-order valence-corrected chi connectivity index (χ0v) is 20.0. The van der Waals surface area contributed by atoms with Gasteiger partial charge in [-0.3, -0.25) is 4.79 Å². The lowest BCUT2D eigenvalue weighted by Gasteiger charge is -2.46. The number of phenols is 1. The molecule has 2 N–H and O–H groups in total. The molecule has 1 aromatic heterocycles. The lowest BCUT2D eigenvalue weighted by molar-refractivity contribution is -0.156. The molecule has 184 valence electrons. The number of carbonyl (C=O) groups is 3. The number of hydrogen-bond donors (Lipinski definition) is 2. The number of hydrogen-bond acceptors (Lipinski definition) is 8. The molecule has 2 aliphatic rings. The van der Waals surface area contributed by atoms with Gasteiger partial charge in [0.15, 0.2) is 0 Å². The Morgan fingerprint density at radius 2 is 1.81 bits per heavy atom. The Morgan fingerprint density at radius 3 is 2.53 bits per heavy atom. The molecule has 5 rings (SSSR count). The summed E-state index contributed by atoms with van der Waals surface area (Å²) in [5.41, 5.74) is 0.427. The van der Waals surface area contributed by atoms with Crippen molar-refractivity contribution in [3.63, 3.8) is 0 Å². The summed E-state index contributed by atoms with van der Waals surface area (Å²) in [5, 5.41) is 11.4. The van der Waals surface area contributed by atoms with Gasteiger partial charge in [0.1, 0.15) is 17.1 Å². The van der Waals surface area contributed by atoms with E-state index in [0.717, 1.165) is 16.5 Å². The van der Waals surface area contributed by atoms with Crippen LogP contribution in [0.25, 0.3) is 10.9 Å². The van der Waals surface area contributed by atoms with Crippen molar-refractivity contribution in [2.45, 2.75) is 12.0 Å². The van der Waals surface area contributed by atoms with Crippen LogP contribution in [0.5, 0.6) is 11.5 Å². The highest BCUT2D eigenvalue weighted by Crippen LogP contribution is 2.48. The number of ketones is 1. The van der Waals surface area contributed by atoms with Crippen LogP contribution in [0.15, 0.2) is 65.9 Å². The number of esters is 2. The number of allylic oxidation sites excluding steroid dienone is 2. The van der Waals surface area contributed by atoms with Crippen molar-refractivity contribution in [2.24, 2.45) is 0 Å². The molecule has 9 heteroatoms. The van der Waals surface area contributed by atoms with Crippen molar-refractivity contribution in [1.29, 1.82) is 0 Å². The van der Waals surface area contributed by atoms with Gasteiger partial charge < -0.3 is 29.2 Å². The molecular formula is C27H24N2O7. The Morgan fingerprint density at radius 1 is 1.03 bits per heavy atom. The number of Topliss-reactive ketones (excluding diaryl/α,β-unsaturated/α-hetero) is 1. The van der Waals surface area contributed by atoms with Crippen LogP contribution >= 0.6 is 0 Å². The van der Waals surface area contributed by atoms with Gasteiger partial charge in [0.2, 0.25) is 11.3 Å². The first-order valence-electron chi connectivity index (χ1n) is 11.3. The summed E-state index contributed by atoms with van der Waals surface area (Å²) in [6, 6.07) is 12.1. The number of rotatable bonds is 5. The molecule has 0 radical (unpaired) electrons. The van der Waals surface area contributed by atoms with E-state index in [2.05, 4.69) is 4.98 Å². The second-order valence-corrected chi connectivity index (χ2v) is 8.49. The molecule has 2 aliphatic heterocycles. The van der Waals surface area contributed by atoms with Gasteiger partial charge in [-0.1, -0.05) is 24.3 Å². The molecule has 3 aromatic rings. The molecule has 0 saturated heterocycles. The molecule has 0 spiro atoms. The molecule has 1 atom stereocenters. The largest absolute Gasteiger partial charge is 0.507 e. The topological polar surface area (TPSA) is 118 Å². The molecular weight excluding hydrogens is 464 g/mol. The van der Waals surface area contributed by atoms with E-state index in [4.69, 9.17) is 14.2 Å². The van der Waals surface area contributed by atoms with Crippen molar-refractivity contribution < 1.29 is 33.7 Å². The van der Waals surface area contributed by atoms with Crippen molar-refractivity contribution in [2.75, 3.05) is 27.9 Å². The Balaban J connectivity index is 1.77. The Labute approximate surface area is 206 Å². The molecule has 0 fully saturated rings. The molecule has 9 nitrogen and oxygen atoms in total. The normalized spacial score (nSPS) is 18.5. The Kier molecular flexibility index (Phi) is 5.55. The predicted octanol–water partition coefficient (Wildman–Crippen LogP) is 2.99. The standard InChI is InChI=1S/C27H24N2O7/c1-34-21-10-6-9-20(30)22(21)23(31)15-13-18(25(32)35-2)27(26(33)36-3)24-17(11-12-29(27)14-15)16-7-4-5-8-19(16)28-24/h4-10,13-14,28,30H,11-12H2,1-3H3. The van der Waals surface area contributed by atoms with E-state index in [1.165, 1.54) is 39.7 Å². The minimum atomic E-state index is -1.69. The fourth-order valence-electron chi connectivity index (χ4n) is 5.21. The lowest BCUT2D eigenvalue weighted by atomic mass is 9.75. The van der Waals surface area contributed by atoms with Crippen molar-refractivity contribution in [1.82, 2.24) is 9.88 Å². The number of phenolic OH excluding ortho intramolecular Hbond substituents is 1. The van der Waals surface area contributed by atoms with Gasteiger partial charge in [-0.15, -0.1) is 0 Å². The van der Waals surface area contributed by atoms with Gasteiger partial charge >= 0.3 is 11.9 Å². The number of nitrogens with zero attached hydrogens (tertiary/aromatic N) is 1. The van der Waals surface area contributed by atoms with Gasteiger partial charge in [-0.2, -0.15) is 0 Å². The van der Waals surface area contributed by atoms with Crippen LogP contribution in [-0.2, 0) is 31.0 Å². The quantitative estimate of drug-likeness (QED) is 0.416. The lowest BCUT2D eigenvalue weighted by Crippen LogP contribution is -2.58. The highest BCUT2D eigenvalue weighted by Gasteiger charge is 2.58. The highest BCUT2D eigenvalue weighted by atomic mass is 16.5. The maximum absolute atomic E-state index is 13.6. The number of aromatic amines is 1. The molecule has 0 aliphatic carbocycles. The second kappa shape index (κ2) is 8.60. The number of H-pyrrole nitrogens is 1. The summed E-state index contributed by atoms with van der Waals surface area (Å²) in [4.78, 5) is 45.4. The third-order valence-corrected chi connectivity index (χ3v) is 6.79. The first-order valence-corrected chi connectivity index (χ1v) is 11.3. The molecule has 1 unspecified atom stereocenters. The summed E-state index contributed by atoms with van der Waals surface area (Å²) in [7, 11) is 3.85. The van der Waals surface area contributed by atoms with E-state index in [1.54, 1.807) is 17.0 Å². The average Bonchev–Trinajstić information content (AvgIpc) is 3.30. The minimum absolute atomic E-state index is 0.0550. The fourth-order valence-corrected chi connectivity index (χ4v) is 5.21. The van der Waals surface area contributed by atoms with Gasteiger partial charge in [0.25, 0.3) is 0 Å². The van der Waals surface area contributed by atoms with Crippen LogP contribution in [0.1, 0.15) is 21.6 Å². The summed E-state index contributed by atoms with van der Waals surface area (Å²) < 4.78 is 15.6. The number of carbonyl (C=O) groups excluding carboxylic acids is 3. The van der Waals surface area contributed by atoms with E-state index >= 15 is 0 Å². The van der Waals surface area contributed by atoms with Gasteiger partial charge in [0, 0.05) is 29.2 Å². The van der Waals surface area contributed by atoms with Crippen LogP contribution in [0, 0.1) is 0 Å². The van der Waals surface area contributed by atoms with Crippen molar-refractivity contribution in [3.8, 4) is 11.5 Å². The first-order chi connectivity index (χ1) is 17.4. The zero-order chi connectivity index (χ0) is 25.6. The SMILES string of the molecule is COC(=O)C1=CC(C(=O)c2c(O)cccc2OC)=CN2CCc3c([nH]c4ccccc34)C12C(=O)OC. The molecule has 2 aromatic carbocycles. The third kappa shape index (κ3) is 3.12. The summed E-state index contributed by atoms with van der Waals surface area (Å²) >= 11 is 0. The number of aromatic nitrogens is 1. The monoisotopic (exact) mass is 488 g/mol. The Bertz CT molecular complexity index is 1480. The van der Waals surface area contributed by atoms with Gasteiger partial charge in [-0.05, 0) is 36.3 Å². The first kappa shape index (κ1) is 23.2. The highest BCUT2D eigenvalue weighted by molar-refractivity contribution is 6.16. The summed E-state index contributed by atoms with van der Waals surface area (Å²) in [6.07, 6.45) is 3.39. The molecule has 0 bridgehead atoms. The molecule has 36 heavy (non-hydrogen) atoms. The number of benzene rings is 2. The maximum atomic E-state index is 13.6. The zero-order valence-electron chi connectivity index (χ0n) is 20.0. The van der Waals surface area contributed by atoms with Crippen LogP contribution in [-0.4, -0.2) is 60.6 Å². The van der Waals surface area contributed by atoms with E-state index in [9.17, 15) is 19.5 Å². The van der Waals surface area contributed by atoms with Crippen LogP contribution in [0.2, 0.25) is 0 Å². The number of para-hydroxylation sites is 1. The second-order valence-electron chi connectivity index (χ2n) is 8.49. The molecule has 3 heterocycles. The number of ether oxygens (including phenoxy) is 3. The van der Waals surface area contributed by atoms with Crippen molar-refractivity contribution >= 4 is 28.6 Å². The predicted molar refractivity (Wildman–Crippen MR) is 130 cm³/mol. The molecule has 0 amide bonds. The van der Waals surface area contributed by atoms with Crippen LogP contribution < -0.4 is 4.74 Å². The summed E-state index contributed by atoms with van der Waals surface area (Å²) in [6.45, 7) is 0.312. The average molecular weight is 488 g/mol. The van der Waals surface area contributed by atoms with Crippen LogP contribution in [0.4, 0.5) is 0 Å². The van der Waals surface area contributed by atoms with Crippen molar-refractivity contribution in [3.05, 3.63) is 82.7 Å². The minimum Gasteiger partial charge on any atom is -0.507 e. The smallest absolute Gasteiger partial charge is 0.343 e. The van der Waals surface area contributed by atoms with E-state index in [1.807, 2.05) is 24.3 Å². The number of nitrogens with one attached hydrogen (secondary N) is 1. The number of methoxy groups -OCH3 is 3. The van der Waals surface area contributed by atoms with Gasteiger partial charge in [-0.25, -0.2) is 9.59 Å². The Hall–Kier alpha value is -4.53. The number of aromatic hydroxyl groups is 1. The maximum Gasteiger partial charge on any atom is 0.343 e. The summed E-state index contributed by atoms with van der Waals surface area (Å²) in [5.74, 6) is -2.16.